The number of ether oxygens (including phenoxy) is 2. The summed E-state index contributed by atoms with van der Waals surface area (Å²) in [6.07, 6.45) is 1.95. The first-order valence-electron chi connectivity index (χ1n) is 21.4. The largest absolute Gasteiger partial charge is 0.493 e. The van der Waals surface area contributed by atoms with E-state index in [1.54, 1.807) is 21.0 Å². The minimum absolute atomic E-state index is 0.318. The summed E-state index contributed by atoms with van der Waals surface area (Å²) in [5.74, 6) is 97.2. The van der Waals surface area contributed by atoms with Crippen LogP contribution in [0.3, 0.4) is 0 Å². The fraction of sp³-hybridized carbons (Fsp3) is 0.134. The van der Waals surface area contributed by atoms with E-state index in [0.29, 0.717) is 12.6 Å². The fourth-order valence-electron chi connectivity index (χ4n) is 6.47. The molecule has 0 radical (unpaired) electrons. The number of halogens is 1. The van der Waals surface area contributed by atoms with Crippen LogP contribution in [0, 0.1) is 225 Å². The van der Waals surface area contributed by atoms with Gasteiger partial charge in [0.15, 0.2) is 11.5 Å². The maximum Gasteiger partial charge on any atom is 0.161 e. The van der Waals surface area contributed by atoms with Crippen molar-refractivity contribution >= 4 is 22.5 Å². The number of aromatic amines is 1. The normalized spacial score (nSPS) is 9.97. The van der Waals surface area contributed by atoms with Crippen LogP contribution in [-0.4, -0.2) is 23.5 Å². The number of hydrogen-bond acceptors (Lipinski definition) is 3. The molecular weight excluding hydrogens is 900 g/mol. The molecule has 1 atom stereocenters. The summed E-state index contributed by atoms with van der Waals surface area (Å²) in [6.45, 7) is 5.86. The molecule has 1 N–H and O–H groups in total. The molecule has 0 amide bonds. The molecule has 3 aromatic carbocycles. The van der Waals surface area contributed by atoms with Gasteiger partial charge in [0.05, 0.1) is 12.1 Å². The molecular formula is C67H31ClN2O2. The molecule has 0 fully saturated rings. The Bertz CT molecular complexity index is 3920. The highest BCUT2D eigenvalue weighted by molar-refractivity contribution is 6.35. The molecule has 0 spiro atoms. The summed E-state index contributed by atoms with van der Waals surface area (Å²) in [5.41, 5.74) is 7.61. The maximum absolute atomic E-state index is 6.59. The van der Waals surface area contributed by atoms with Gasteiger partial charge < -0.3 is 14.5 Å². The third-order valence-corrected chi connectivity index (χ3v) is 9.61. The van der Waals surface area contributed by atoms with Crippen LogP contribution < -0.4 is 9.47 Å². The minimum atomic E-state index is 0.318. The Morgan fingerprint density at radius 3 is 1.38 bits per heavy atom. The number of fused-ring (bicyclic) bond motifs is 6. The van der Waals surface area contributed by atoms with Crippen LogP contribution in [-0.2, 0) is 26.0 Å². The van der Waals surface area contributed by atoms with E-state index in [4.69, 9.17) is 21.1 Å². The molecule has 4 aromatic rings. The highest BCUT2D eigenvalue weighted by Crippen LogP contribution is 2.45. The van der Waals surface area contributed by atoms with Crippen LogP contribution in [0.25, 0.3) is 10.9 Å². The van der Waals surface area contributed by atoms with Crippen molar-refractivity contribution in [1.82, 2.24) is 9.88 Å². The number of rotatable bonds is 4. The molecule has 2 aliphatic rings. The van der Waals surface area contributed by atoms with Gasteiger partial charge in [0.2, 0.25) is 0 Å². The predicted molar refractivity (Wildman–Crippen MR) is 287 cm³/mol. The van der Waals surface area contributed by atoms with Gasteiger partial charge in [0.1, 0.15) is 6.61 Å². The summed E-state index contributed by atoms with van der Waals surface area (Å²) in [7, 11) is 1.72. The van der Waals surface area contributed by atoms with Crippen LogP contribution in [0.5, 0.6) is 11.5 Å². The average Bonchev–Trinajstić information content (AvgIpc) is 3.78. The van der Waals surface area contributed by atoms with Crippen molar-refractivity contribution in [3.63, 3.8) is 0 Å². The van der Waals surface area contributed by atoms with E-state index in [1.807, 2.05) is 30.3 Å². The zero-order valence-corrected chi connectivity index (χ0v) is 39.8. The molecule has 1 aromatic heterocycles. The first-order chi connectivity index (χ1) is 35.6. The van der Waals surface area contributed by atoms with Gasteiger partial charge in [-0.3, -0.25) is 4.90 Å². The molecule has 328 valence electrons. The molecule has 0 saturated heterocycles. The SMILES string of the molecule is CC#CC#CC#CC#CC#CC#CC#CC#CC#CC#CC#CC#CC#CC#CC#CC#CC#CC#CC#CC.COc1cc2c(cc1OCc1ccccc1)CCN1Cc3[nH]c4cccc(Cl)c4c3CC21. The lowest BCUT2D eigenvalue weighted by Crippen LogP contribution is -2.39. The second-order valence-corrected chi connectivity index (χ2v) is 14.1. The topological polar surface area (TPSA) is 37.5 Å². The van der Waals surface area contributed by atoms with Gasteiger partial charge in [-0.05, 0) is 168 Å². The van der Waals surface area contributed by atoms with Crippen molar-refractivity contribution in [2.45, 2.75) is 45.9 Å². The molecule has 0 aliphatic carbocycles. The van der Waals surface area contributed by atoms with E-state index in [9.17, 15) is 0 Å². The summed E-state index contributed by atoms with van der Waals surface area (Å²) in [5, 5.41) is 2.00. The monoisotopic (exact) mass is 930 g/mol. The lowest BCUT2D eigenvalue weighted by atomic mass is 9.85. The summed E-state index contributed by atoms with van der Waals surface area (Å²) in [4.78, 5) is 6.17. The van der Waals surface area contributed by atoms with Crippen LogP contribution in [0.2, 0.25) is 5.02 Å². The second-order valence-electron chi connectivity index (χ2n) is 13.7. The van der Waals surface area contributed by atoms with Gasteiger partial charge in [0.25, 0.3) is 0 Å². The Morgan fingerprint density at radius 2 is 0.958 bits per heavy atom. The lowest BCUT2D eigenvalue weighted by Gasteiger charge is -2.40. The maximum atomic E-state index is 6.59. The van der Waals surface area contributed by atoms with Crippen LogP contribution in [0.4, 0.5) is 0 Å². The zero-order chi connectivity index (χ0) is 50.5. The van der Waals surface area contributed by atoms with E-state index >= 15 is 0 Å². The Kier molecular flexibility index (Phi) is 22.7. The highest BCUT2D eigenvalue weighted by Gasteiger charge is 2.35. The number of nitrogens with one attached hydrogen (secondary N) is 1. The van der Waals surface area contributed by atoms with E-state index in [2.05, 4.69) is 265 Å². The van der Waals surface area contributed by atoms with Crippen LogP contribution in [0.15, 0.2) is 60.7 Å². The molecule has 5 heteroatoms. The Morgan fingerprint density at radius 1 is 0.528 bits per heavy atom. The number of methoxy groups -OCH3 is 1. The van der Waals surface area contributed by atoms with Gasteiger partial charge in [-0.1, -0.05) is 59.8 Å². The van der Waals surface area contributed by atoms with E-state index in [0.717, 1.165) is 53.5 Å². The molecule has 0 saturated carbocycles. The van der Waals surface area contributed by atoms with Crippen molar-refractivity contribution in [2.75, 3.05) is 13.7 Å². The standard InChI is InChI=1S/C40H6.C27H25ClN2O2/c1-3-5-7-9-11-13-15-17-19-21-23-25-27-29-31-33-35-37-39-40-38-36-34-32-30-28-26-24-22-20-18-16-14-12-10-8-6-4-2;1-31-25-14-19-18(12-26(25)32-16-17-6-3-2-4-7-17)10-11-30-15-23-20(13-24(19)30)27-21(28)8-5-9-22(27)29-23/h1-2H3;2-9,12,14,24,29H,10-11,13,15-16H2,1H3. The smallest absolute Gasteiger partial charge is 0.161 e. The quantitative estimate of drug-likeness (QED) is 0.221. The predicted octanol–water partition coefficient (Wildman–Crippen LogP) is 7.16. The minimum Gasteiger partial charge on any atom is -0.493 e. The highest BCUT2D eigenvalue weighted by atomic mass is 35.5. The molecule has 1 unspecified atom stereocenters. The van der Waals surface area contributed by atoms with Crippen molar-refractivity contribution in [1.29, 1.82) is 0 Å². The van der Waals surface area contributed by atoms with Crippen molar-refractivity contribution < 1.29 is 9.47 Å². The first-order valence-corrected chi connectivity index (χ1v) is 21.7. The number of hydrogen-bond donors (Lipinski definition) is 1. The average molecular weight is 931 g/mol. The molecule has 3 heterocycles. The van der Waals surface area contributed by atoms with Crippen molar-refractivity contribution in [3.8, 4) is 236 Å². The van der Waals surface area contributed by atoms with Crippen molar-refractivity contribution in [2.24, 2.45) is 0 Å². The van der Waals surface area contributed by atoms with E-state index in [-0.39, 0.29) is 0 Å². The van der Waals surface area contributed by atoms with Gasteiger partial charge >= 0.3 is 0 Å². The molecule has 4 nitrogen and oxygen atoms in total. The fourth-order valence-corrected chi connectivity index (χ4v) is 6.75. The molecule has 72 heavy (non-hydrogen) atoms. The Hall–Kier alpha value is -11.3. The molecule has 6 rings (SSSR count). The number of aromatic nitrogens is 1. The van der Waals surface area contributed by atoms with Gasteiger partial charge in [0, 0.05) is 154 Å². The summed E-state index contributed by atoms with van der Waals surface area (Å²) >= 11 is 6.59. The number of H-pyrrole nitrogens is 1. The van der Waals surface area contributed by atoms with E-state index in [1.165, 1.54) is 27.8 Å². The van der Waals surface area contributed by atoms with Crippen LogP contribution in [0.1, 0.15) is 47.8 Å². The summed E-state index contributed by atoms with van der Waals surface area (Å²) < 4.78 is 11.9. The number of nitrogens with zero attached hydrogens (tertiary/aromatic N) is 1. The zero-order valence-electron chi connectivity index (χ0n) is 39.0. The summed E-state index contributed by atoms with van der Waals surface area (Å²) in [6, 6.07) is 21.0. The Balaban J connectivity index is 0.000000272. The van der Waals surface area contributed by atoms with Crippen molar-refractivity contribution in [3.05, 3.63) is 93.6 Å². The Labute approximate surface area is 429 Å². The third kappa shape index (κ3) is 18.2. The van der Waals surface area contributed by atoms with Crippen LogP contribution >= 0.6 is 11.6 Å². The third-order valence-electron chi connectivity index (χ3n) is 9.29. The van der Waals surface area contributed by atoms with E-state index < -0.39 is 0 Å². The molecule has 2 aliphatic heterocycles. The number of benzene rings is 3. The van der Waals surface area contributed by atoms with Gasteiger partial charge in [-0.15, -0.1) is 0 Å². The lowest BCUT2D eigenvalue weighted by molar-refractivity contribution is 0.158. The van der Waals surface area contributed by atoms with Gasteiger partial charge in [-0.2, -0.15) is 0 Å². The second kappa shape index (κ2) is 31.6. The molecule has 0 bridgehead atoms. The van der Waals surface area contributed by atoms with Gasteiger partial charge in [-0.25, -0.2) is 0 Å². The first kappa shape index (κ1) is 51.7.